The largest absolute Gasteiger partial charge is 0.385 e. The van der Waals surface area contributed by atoms with Crippen molar-refractivity contribution in [1.82, 2.24) is 9.97 Å². The van der Waals surface area contributed by atoms with Crippen LogP contribution in [0.15, 0.2) is 12.3 Å². The zero-order chi connectivity index (χ0) is 15.3. The summed E-state index contributed by atoms with van der Waals surface area (Å²) in [6.07, 6.45) is 4.48. The minimum absolute atomic E-state index is 0.355. The van der Waals surface area contributed by atoms with Gasteiger partial charge in [0.1, 0.15) is 5.82 Å². The van der Waals surface area contributed by atoms with E-state index in [2.05, 4.69) is 20.2 Å². The van der Waals surface area contributed by atoms with Crippen molar-refractivity contribution in [3.05, 3.63) is 12.3 Å². The zero-order valence-electron chi connectivity index (χ0n) is 13.1. The summed E-state index contributed by atoms with van der Waals surface area (Å²) in [6, 6.07) is 1.89. The lowest BCUT2D eigenvalue weighted by molar-refractivity contribution is -0.169. The molecular weight excluding hydrogens is 284 g/mol. The van der Waals surface area contributed by atoms with Gasteiger partial charge in [-0.05, 0) is 12.5 Å². The van der Waals surface area contributed by atoms with Crippen LogP contribution in [0.2, 0.25) is 0 Å². The summed E-state index contributed by atoms with van der Waals surface area (Å²) in [5, 5.41) is 3.30. The van der Waals surface area contributed by atoms with Crippen LogP contribution in [-0.2, 0) is 14.2 Å². The summed E-state index contributed by atoms with van der Waals surface area (Å²) in [5.74, 6) is 1.27. The van der Waals surface area contributed by atoms with Crippen LogP contribution >= 0.6 is 0 Å². The van der Waals surface area contributed by atoms with Crippen molar-refractivity contribution in [2.45, 2.75) is 25.0 Å². The SMILES string of the molecule is COCCCNc1ccnc(N2CCC3(CC2)OCCO3)n1. The van der Waals surface area contributed by atoms with Gasteiger partial charge in [-0.15, -0.1) is 0 Å². The molecule has 3 rings (SSSR count). The van der Waals surface area contributed by atoms with Crippen LogP contribution in [0.3, 0.4) is 0 Å². The molecule has 0 amide bonds. The third-order valence-corrected chi connectivity index (χ3v) is 4.10. The summed E-state index contributed by atoms with van der Waals surface area (Å²) >= 11 is 0. The van der Waals surface area contributed by atoms with E-state index in [-0.39, 0.29) is 5.79 Å². The second kappa shape index (κ2) is 7.21. The first-order chi connectivity index (χ1) is 10.8. The molecule has 2 aliphatic rings. The Morgan fingerprint density at radius 3 is 2.82 bits per heavy atom. The molecule has 1 N–H and O–H groups in total. The standard InChI is InChI=1S/C15H24N4O3/c1-20-10-2-6-16-13-3-7-17-14(18-13)19-8-4-15(5-9-19)21-11-12-22-15/h3,7H,2,4-6,8-12H2,1H3,(H,16,17,18). The molecule has 0 unspecified atom stereocenters. The van der Waals surface area contributed by atoms with Gasteiger partial charge in [-0.1, -0.05) is 0 Å². The van der Waals surface area contributed by atoms with Crippen molar-refractivity contribution in [3.8, 4) is 0 Å². The molecule has 0 atom stereocenters. The van der Waals surface area contributed by atoms with Gasteiger partial charge in [-0.3, -0.25) is 0 Å². The fourth-order valence-corrected chi connectivity index (χ4v) is 2.87. The Labute approximate surface area is 131 Å². The maximum Gasteiger partial charge on any atom is 0.227 e. The van der Waals surface area contributed by atoms with Gasteiger partial charge in [0.15, 0.2) is 5.79 Å². The Morgan fingerprint density at radius 2 is 2.09 bits per heavy atom. The number of nitrogens with one attached hydrogen (secondary N) is 1. The highest BCUT2D eigenvalue weighted by Crippen LogP contribution is 2.32. The van der Waals surface area contributed by atoms with E-state index < -0.39 is 0 Å². The molecule has 3 heterocycles. The monoisotopic (exact) mass is 308 g/mol. The summed E-state index contributed by atoms with van der Waals surface area (Å²) in [5.41, 5.74) is 0. The predicted molar refractivity (Wildman–Crippen MR) is 83.1 cm³/mol. The molecular formula is C15H24N4O3. The molecule has 0 saturated carbocycles. The average molecular weight is 308 g/mol. The van der Waals surface area contributed by atoms with E-state index in [1.54, 1.807) is 13.3 Å². The van der Waals surface area contributed by atoms with Gasteiger partial charge in [-0.25, -0.2) is 4.98 Å². The third-order valence-electron chi connectivity index (χ3n) is 4.10. The lowest BCUT2D eigenvalue weighted by Crippen LogP contribution is -2.45. The van der Waals surface area contributed by atoms with Gasteiger partial charge < -0.3 is 24.4 Å². The number of methoxy groups -OCH3 is 1. The number of rotatable bonds is 6. The highest BCUT2D eigenvalue weighted by atomic mass is 16.7. The van der Waals surface area contributed by atoms with Crippen molar-refractivity contribution in [2.24, 2.45) is 0 Å². The summed E-state index contributed by atoms with van der Waals surface area (Å²) in [4.78, 5) is 11.2. The molecule has 22 heavy (non-hydrogen) atoms. The molecule has 2 aliphatic heterocycles. The summed E-state index contributed by atoms with van der Waals surface area (Å²) < 4.78 is 16.5. The second-order valence-corrected chi connectivity index (χ2v) is 5.61. The fourth-order valence-electron chi connectivity index (χ4n) is 2.87. The van der Waals surface area contributed by atoms with Gasteiger partial charge in [0.05, 0.1) is 13.2 Å². The number of aromatic nitrogens is 2. The first-order valence-corrected chi connectivity index (χ1v) is 7.90. The molecule has 2 saturated heterocycles. The van der Waals surface area contributed by atoms with E-state index in [0.717, 1.165) is 57.3 Å². The highest BCUT2D eigenvalue weighted by Gasteiger charge is 2.40. The van der Waals surface area contributed by atoms with Gasteiger partial charge >= 0.3 is 0 Å². The van der Waals surface area contributed by atoms with Crippen molar-refractivity contribution in [3.63, 3.8) is 0 Å². The van der Waals surface area contributed by atoms with Gasteiger partial charge in [-0.2, -0.15) is 4.98 Å². The fraction of sp³-hybridized carbons (Fsp3) is 0.733. The van der Waals surface area contributed by atoms with Crippen LogP contribution in [0.4, 0.5) is 11.8 Å². The summed E-state index contributed by atoms with van der Waals surface area (Å²) in [6.45, 7) is 4.71. The second-order valence-electron chi connectivity index (χ2n) is 5.61. The molecule has 0 radical (unpaired) electrons. The first kappa shape index (κ1) is 15.5. The summed E-state index contributed by atoms with van der Waals surface area (Å²) in [7, 11) is 1.71. The molecule has 1 aromatic rings. The predicted octanol–water partition coefficient (Wildman–Crippen LogP) is 1.27. The zero-order valence-corrected chi connectivity index (χ0v) is 13.1. The van der Waals surface area contributed by atoms with Crippen molar-refractivity contribution < 1.29 is 14.2 Å². The topological polar surface area (TPSA) is 68.7 Å². The van der Waals surface area contributed by atoms with Crippen LogP contribution in [-0.4, -0.2) is 62.3 Å². The third kappa shape index (κ3) is 3.66. The number of hydrogen-bond donors (Lipinski definition) is 1. The van der Waals surface area contributed by atoms with E-state index in [1.165, 1.54) is 0 Å². The number of piperidine rings is 1. The molecule has 1 spiro atoms. The van der Waals surface area contributed by atoms with Crippen molar-refractivity contribution in [2.75, 3.05) is 56.8 Å². The van der Waals surface area contributed by atoms with Crippen LogP contribution in [0.25, 0.3) is 0 Å². The van der Waals surface area contributed by atoms with Gasteiger partial charge in [0.25, 0.3) is 0 Å². The molecule has 0 aliphatic carbocycles. The van der Waals surface area contributed by atoms with Crippen molar-refractivity contribution >= 4 is 11.8 Å². The molecule has 0 bridgehead atoms. The van der Waals surface area contributed by atoms with Crippen LogP contribution < -0.4 is 10.2 Å². The Hall–Kier alpha value is -1.44. The van der Waals surface area contributed by atoms with Crippen LogP contribution in [0, 0.1) is 0 Å². The minimum Gasteiger partial charge on any atom is -0.385 e. The van der Waals surface area contributed by atoms with E-state index in [9.17, 15) is 0 Å². The maximum absolute atomic E-state index is 5.75. The van der Waals surface area contributed by atoms with Gasteiger partial charge in [0.2, 0.25) is 5.95 Å². The molecule has 0 aromatic carbocycles. The molecule has 122 valence electrons. The molecule has 1 aromatic heterocycles. The smallest absolute Gasteiger partial charge is 0.227 e. The Morgan fingerprint density at radius 1 is 1.32 bits per heavy atom. The quantitative estimate of drug-likeness (QED) is 0.794. The lowest BCUT2D eigenvalue weighted by atomic mass is 10.0. The molecule has 7 heteroatoms. The Bertz CT molecular complexity index is 470. The molecule has 2 fully saturated rings. The Kier molecular flexibility index (Phi) is 5.07. The van der Waals surface area contributed by atoms with Crippen molar-refractivity contribution in [1.29, 1.82) is 0 Å². The number of nitrogens with zero attached hydrogens (tertiary/aromatic N) is 3. The number of ether oxygens (including phenoxy) is 3. The number of anilines is 2. The Balaban J connectivity index is 1.54. The highest BCUT2D eigenvalue weighted by molar-refractivity contribution is 5.41. The normalized spacial score (nSPS) is 20.5. The lowest BCUT2D eigenvalue weighted by Gasteiger charge is -2.37. The van der Waals surface area contributed by atoms with E-state index in [0.29, 0.717) is 13.2 Å². The van der Waals surface area contributed by atoms with E-state index in [4.69, 9.17) is 14.2 Å². The van der Waals surface area contributed by atoms with Crippen LogP contribution in [0.1, 0.15) is 19.3 Å². The van der Waals surface area contributed by atoms with Gasteiger partial charge in [0, 0.05) is 52.4 Å². The number of hydrogen-bond acceptors (Lipinski definition) is 7. The average Bonchev–Trinajstić information content (AvgIpc) is 3.01. The van der Waals surface area contributed by atoms with E-state index in [1.807, 2.05) is 6.07 Å². The first-order valence-electron chi connectivity index (χ1n) is 7.90. The minimum atomic E-state index is -0.355. The van der Waals surface area contributed by atoms with E-state index >= 15 is 0 Å². The maximum atomic E-state index is 5.75. The molecule has 7 nitrogen and oxygen atoms in total. The van der Waals surface area contributed by atoms with Crippen LogP contribution in [0.5, 0.6) is 0 Å².